The molecule has 0 aromatic heterocycles. The number of fused-ring (bicyclic) bond motifs is 1. The van der Waals surface area contributed by atoms with Gasteiger partial charge in [-0.15, -0.1) is 0 Å². The second kappa shape index (κ2) is 5.83. The lowest BCUT2D eigenvalue weighted by atomic mass is 9.97. The molecule has 1 atom stereocenters. The Morgan fingerprint density at radius 2 is 2.00 bits per heavy atom. The average Bonchev–Trinajstić information content (AvgIpc) is 2.95. The molecule has 1 aliphatic heterocycles. The van der Waals surface area contributed by atoms with E-state index in [9.17, 15) is 4.79 Å². The third-order valence-electron chi connectivity index (χ3n) is 4.44. The maximum absolute atomic E-state index is 12.2. The van der Waals surface area contributed by atoms with Crippen LogP contribution in [0.4, 0.5) is 5.69 Å². The van der Waals surface area contributed by atoms with Crippen LogP contribution in [0.5, 0.6) is 0 Å². The van der Waals surface area contributed by atoms with E-state index in [1.807, 2.05) is 12.1 Å². The number of carbonyl (C=O) groups excluding carboxylic acids is 1. The molecule has 1 amide bonds. The highest BCUT2D eigenvalue weighted by Gasteiger charge is 2.24. The van der Waals surface area contributed by atoms with Gasteiger partial charge in [0.15, 0.2) is 0 Å². The number of anilines is 1. The van der Waals surface area contributed by atoms with Crippen molar-refractivity contribution in [3.8, 4) is 0 Å². The first kappa shape index (κ1) is 13.4. The molecule has 0 saturated heterocycles. The number of para-hydroxylation sites is 1. The number of amides is 1. The number of benzene rings is 1. The van der Waals surface area contributed by atoms with E-state index >= 15 is 0 Å². The van der Waals surface area contributed by atoms with Crippen molar-refractivity contribution in [3.05, 3.63) is 29.8 Å². The molecule has 0 spiro atoms. The van der Waals surface area contributed by atoms with Gasteiger partial charge in [0, 0.05) is 24.3 Å². The van der Waals surface area contributed by atoms with Crippen LogP contribution in [0.2, 0.25) is 0 Å². The molecule has 0 bridgehead atoms. The smallest absolute Gasteiger partial charge is 0.239 e. The molecule has 3 N–H and O–H groups in total. The van der Waals surface area contributed by atoms with Crippen molar-refractivity contribution < 1.29 is 4.79 Å². The van der Waals surface area contributed by atoms with Gasteiger partial charge in [-0.1, -0.05) is 31.0 Å². The maximum Gasteiger partial charge on any atom is 0.239 e. The van der Waals surface area contributed by atoms with Gasteiger partial charge in [0.25, 0.3) is 0 Å². The van der Waals surface area contributed by atoms with E-state index in [-0.39, 0.29) is 11.9 Å². The molecular weight excluding hydrogens is 250 g/mol. The largest absolute Gasteiger partial charge is 0.362 e. The Labute approximate surface area is 120 Å². The zero-order chi connectivity index (χ0) is 13.9. The number of nitrogens with two attached hydrogens (primary N) is 1. The second-order valence-corrected chi connectivity index (χ2v) is 5.92. The standard InChI is InChI=1S/C16H23N3O/c17-14-9-10-19(15-8-4-3-7-13(14)15)11-16(20)18-12-5-1-2-6-12/h3-4,7-8,12,14H,1-2,5-6,9-11,17H2,(H,18,20). The van der Waals surface area contributed by atoms with Gasteiger partial charge < -0.3 is 16.0 Å². The summed E-state index contributed by atoms with van der Waals surface area (Å²) in [5.41, 5.74) is 8.42. The van der Waals surface area contributed by atoms with Gasteiger partial charge in [-0.3, -0.25) is 4.79 Å². The van der Waals surface area contributed by atoms with Crippen LogP contribution in [0.15, 0.2) is 24.3 Å². The van der Waals surface area contributed by atoms with Crippen molar-refractivity contribution in [2.75, 3.05) is 18.0 Å². The Morgan fingerprint density at radius 1 is 1.25 bits per heavy atom. The van der Waals surface area contributed by atoms with E-state index < -0.39 is 0 Å². The quantitative estimate of drug-likeness (QED) is 0.885. The van der Waals surface area contributed by atoms with Crippen molar-refractivity contribution in [1.29, 1.82) is 0 Å². The highest BCUT2D eigenvalue weighted by atomic mass is 16.2. The summed E-state index contributed by atoms with van der Waals surface area (Å²) >= 11 is 0. The van der Waals surface area contributed by atoms with E-state index in [0.717, 1.165) is 37.1 Å². The fourth-order valence-electron chi connectivity index (χ4n) is 3.34. The van der Waals surface area contributed by atoms with Gasteiger partial charge >= 0.3 is 0 Å². The summed E-state index contributed by atoms with van der Waals surface area (Å²) in [6.45, 7) is 1.30. The number of carbonyl (C=O) groups is 1. The van der Waals surface area contributed by atoms with Crippen LogP contribution >= 0.6 is 0 Å². The van der Waals surface area contributed by atoms with Crippen LogP contribution in [-0.2, 0) is 4.79 Å². The molecular formula is C16H23N3O. The number of nitrogens with one attached hydrogen (secondary N) is 1. The van der Waals surface area contributed by atoms with Crippen LogP contribution in [0.25, 0.3) is 0 Å². The van der Waals surface area contributed by atoms with Gasteiger partial charge in [0.05, 0.1) is 6.54 Å². The molecule has 0 radical (unpaired) electrons. The zero-order valence-electron chi connectivity index (χ0n) is 11.8. The Kier molecular flexibility index (Phi) is 3.92. The van der Waals surface area contributed by atoms with Crippen LogP contribution in [0, 0.1) is 0 Å². The van der Waals surface area contributed by atoms with Gasteiger partial charge in [-0.25, -0.2) is 0 Å². The summed E-state index contributed by atoms with van der Waals surface area (Å²) in [4.78, 5) is 14.3. The molecule has 1 aromatic carbocycles. The summed E-state index contributed by atoms with van der Waals surface area (Å²) < 4.78 is 0. The van der Waals surface area contributed by atoms with E-state index in [2.05, 4.69) is 22.3 Å². The normalized spacial score (nSPS) is 22.6. The minimum Gasteiger partial charge on any atom is -0.362 e. The van der Waals surface area contributed by atoms with E-state index in [0.29, 0.717) is 12.6 Å². The Bertz CT molecular complexity index is 482. The molecule has 108 valence electrons. The molecule has 1 aliphatic carbocycles. The summed E-state index contributed by atoms with van der Waals surface area (Å²) in [5.74, 6) is 0.141. The maximum atomic E-state index is 12.2. The lowest BCUT2D eigenvalue weighted by Gasteiger charge is -2.34. The van der Waals surface area contributed by atoms with Crippen molar-refractivity contribution in [2.24, 2.45) is 5.73 Å². The van der Waals surface area contributed by atoms with Crippen LogP contribution in [0.3, 0.4) is 0 Å². The van der Waals surface area contributed by atoms with E-state index in [1.54, 1.807) is 0 Å². The Hall–Kier alpha value is -1.55. The summed E-state index contributed by atoms with van der Waals surface area (Å²) in [7, 11) is 0. The van der Waals surface area contributed by atoms with Crippen molar-refractivity contribution >= 4 is 11.6 Å². The summed E-state index contributed by atoms with van der Waals surface area (Å²) in [6, 6.07) is 8.66. The van der Waals surface area contributed by atoms with Gasteiger partial charge in [-0.2, -0.15) is 0 Å². The highest BCUT2D eigenvalue weighted by Crippen LogP contribution is 2.31. The fraction of sp³-hybridized carbons (Fsp3) is 0.562. The number of hydrogen-bond donors (Lipinski definition) is 2. The minimum absolute atomic E-state index is 0.0975. The molecule has 1 heterocycles. The first-order valence-corrected chi connectivity index (χ1v) is 7.63. The Morgan fingerprint density at radius 3 is 2.80 bits per heavy atom. The SMILES string of the molecule is NC1CCN(CC(=O)NC2CCCC2)c2ccccc21. The molecule has 4 heteroatoms. The minimum atomic E-state index is 0.0975. The second-order valence-electron chi connectivity index (χ2n) is 5.92. The predicted octanol–water partition coefficient (Wildman–Crippen LogP) is 1.96. The summed E-state index contributed by atoms with van der Waals surface area (Å²) in [5, 5.41) is 3.16. The van der Waals surface area contributed by atoms with E-state index in [1.165, 1.54) is 12.8 Å². The molecule has 2 aliphatic rings. The molecule has 1 aromatic rings. The molecule has 1 saturated carbocycles. The third kappa shape index (κ3) is 2.80. The summed E-state index contributed by atoms with van der Waals surface area (Å²) in [6.07, 6.45) is 5.66. The van der Waals surface area contributed by atoms with Crippen molar-refractivity contribution in [1.82, 2.24) is 5.32 Å². The van der Waals surface area contributed by atoms with Crippen LogP contribution in [-0.4, -0.2) is 25.0 Å². The topological polar surface area (TPSA) is 58.4 Å². The Balaban J connectivity index is 1.65. The van der Waals surface area contributed by atoms with Crippen LogP contribution < -0.4 is 16.0 Å². The zero-order valence-corrected chi connectivity index (χ0v) is 11.8. The monoisotopic (exact) mass is 273 g/mol. The first-order valence-electron chi connectivity index (χ1n) is 7.63. The fourth-order valence-corrected chi connectivity index (χ4v) is 3.34. The molecule has 4 nitrogen and oxygen atoms in total. The lowest BCUT2D eigenvalue weighted by Crippen LogP contribution is -2.43. The molecule has 1 unspecified atom stereocenters. The van der Waals surface area contributed by atoms with Crippen molar-refractivity contribution in [2.45, 2.75) is 44.2 Å². The molecule has 1 fully saturated rings. The molecule has 3 rings (SSSR count). The number of hydrogen-bond acceptors (Lipinski definition) is 3. The average molecular weight is 273 g/mol. The van der Waals surface area contributed by atoms with E-state index in [4.69, 9.17) is 5.73 Å². The third-order valence-corrected chi connectivity index (χ3v) is 4.44. The lowest BCUT2D eigenvalue weighted by molar-refractivity contribution is -0.120. The number of nitrogens with zero attached hydrogens (tertiary/aromatic N) is 1. The molecule has 20 heavy (non-hydrogen) atoms. The highest BCUT2D eigenvalue weighted by molar-refractivity contribution is 5.82. The van der Waals surface area contributed by atoms with Crippen LogP contribution in [0.1, 0.15) is 43.7 Å². The predicted molar refractivity (Wildman–Crippen MR) is 80.6 cm³/mol. The van der Waals surface area contributed by atoms with Gasteiger partial charge in [0.1, 0.15) is 0 Å². The van der Waals surface area contributed by atoms with Gasteiger partial charge in [0.2, 0.25) is 5.91 Å². The first-order chi connectivity index (χ1) is 9.74. The van der Waals surface area contributed by atoms with Gasteiger partial charge in [-0.05, 0) is 30.9 Å². The number of rotatable bonds is 3. The van der Waals surface area contributed by atoms with Crippen molar-refractivity contribution in [3.63, 3.8) is 0 Å².